The number of alkyl carbamates (subject to hydrolysis) is 1. The van der Waals surface area contributed by atoms with Gasteiger partial charge in [0, 0.05) is 5.02 Å². The summed E-state index contributed by atoms with van der Waals surface area (Å²) in [7, 11) is 0. The summed E-state index contributed by atoms with van der Waals surface area (Å²) < 4.78 is 10.3. The van der Waals surface area contributed by atoms with E-state index < -0.39 is 6.09 Å². The van der Waals surface area contributed by atoms with Crippen LogP contribution in [0.1, 0.15) is 0 Å². The van der Waals surface area contributed by atoms with Crippen LogP contribution in [0.25, 0.3) is 0 Å². The van der Waals surface area contributed by atoms with E-state index in [1.807, 2.05) is 0 Å². The number of hydrogen-bond donors (Lipinski definition) is 1. The number of benzene rings is 1. The highest BCUT2D eigenvalue weighted by Gasteiger charge is 2.22. The summed E-state index contributed by atoms with van der Waals surface area (Å²) in [6, 6.07) is 7.09. The van der Waals surface area contributed by atoms with Crippen molar-refractivity contribution in [2.24, 2.45) is 0 Å². The Balaban J connectivity index is 1.85. The normalized spacial score (nSPS) is 19.5. The van der Waals surface area contributed by atoms with E-state index in [1.165, 1.54) is 0 Å². The third kappa shape index (κ3) is 2.76. The molecule has 4 nitrogen and oxygen atoms in total. The lowest BCUT2D eigenvalue weighted by Crippen LogP contribution is -2.21. The fourth-order valence-corrected chi connectivity index (χ4v) is 1.45. The first-order chi connectivity index (χ1) is 7.24. The maximum Gasteiger partial charge on any atom is 0.407 e. The van der Waals surface area contributed by atoms with Gasteiger partial charge < -0.3 is 14.8 Å². The number of ether oxygens (including phenoxy) is 2. The largest absolute Gasteiger partial charge is 0.490 e. The molecule has 1 saturated heterocycles. The van der Waals surface area contributed by atoms with Gasteiger partial charge in [0.25, 0.3) is 0 Å². The molecule has 5 heteroatoms. The van der Waals surface area contributed by atoms with Crippen molar-refractivity contribution in [3.63, 3.8) is 0 Å². The first kappa shape index (κ1) is 10.1. The zero-order chi connectivity index (χ0) is 10.7. The molecule has 1 amide bonds. The minimum Gasteiger partial charge on any atom is -0.490 e. The standard InChI is InChI=1S/C10H10ClNO3/c11-7-2-1-3-8(4-7)14-6-9-5-12-10(13)15-9/h1-4,9H,5-6H2,(H,12,13)/t9-/m0/s1. The molecule has 1 N–H and O–H groups in total. The molecular formula is C10H10ClNO3. The molecule has 0 spiro atoms. The van der Waals surface area contributed by atoms with Crippen LogP contribution in [-0.4, -0.2) is 25.3 Å². The highest BCUT2D eigenvalue weighted by molar-refractivity contribution is 6.30. The van der Waals surface area contributed by atoms with Crippen molar-refractivity contribution in [3.05, 3.63) is 29.3 Å². The number of rotatable bonds is 3. The quantitative estimate of drug-likeness (QED) is 0.857. The van der Waals surface area contributed by atoms with Gasteiger partial charge >= 0.3 is 6.09 Å². The lowest BCUT2D eigenvalue weighted by Gasteiger charge is -2.09. The molecular weight excluding hydrogens is 218 g/mol. The van der Waals surface area contributed by atoms with Crippen LogP contribution in [0.2, 0.25) is 5.02 Å². The predicted octanol–water partition coefficient (Wildman–Crippen LogP) is 1.83. The molecule has 0 unspecified atom stereocenters. The Labute approximate surface area is 92.1 Å². The van der Waals surface area contributed by atoms with E-state index in [4.69, 9.17) is 21.1 Å². The molecule has 1 aromatic carbocycles. The second-order valence-corrected chi connectivity index (χ2v) is 3.61. The van der Waals surface area contributed by atoms with Gasteiger partial charge in [-0.15, -0.1) is 0 Å². The van der Waals surface area contributed by atoms with Crippen LogP contribution >= 0.6 is 11.6 Å². The summed E-state index contributed by atoms with van der Waals surface area (Å²) in [6.07, 6.45) is -0.619. The fraction of sp³-hybridized carbons (Fsp3) is 0.300. The molecule has 15 heavy (non-hydrogen) atoms. The predicted molar refractivity (Wildman–Crippen MR) is 55.2 cm³/mol. The van der Waals surface area contributed by atoms with Gasteiger partial charge in [-0.3, -0.25) is 0 Å². The molecule has 1 aliphatic rings. The van der Waals surface area contributed by atoms with E-state index in [0.29, 0.717) is 23.9 Å². The molecule has 1 fully saturated rings. The molecule has 0 bridgehead atoms. The van der Waals surface area contributed by atoms with Crippen LogP contribution in [0.3, 0.4) is 0 Å². The Bertz CT molecular complexity index is 369. The molecule has 1 atom stereocenters. The maximum atomic E-state index is 10.7. The Hall–Kier alpha value is -1.42. The van der Waals surface area contributed by atoms with Crippen LogP contribution in [-0.2, 0) is 4.74 Å². The second-order valence-electron chi connectivity index (χ2n) is 3.18. The van der Waals surface area contributed by atoms with Gasteiger partial charge in [-0.2, -0.15) is 0 Å². The Morgan fingerprint density at radius 3 is 3.13 bits per heavy atom. The van der Waals surface area contributed by atoms with E-state index in [-0.39, 0.29) is 6.10 Å². The van der Waals surface area contributed by atoms with Gasteiger partial charge in [-0.1, -0.05) is 17.7 Å². The summed E-state index contributed by atoms with van der Waals surface area (Å²) in [6.45, 7) is 0.818. The summed E-state index contributed by atoms with van der Waals surface area (Å²) >= 11 is 5.79. The minimum absolute atomic E-state index is 0.225. The van der Waals surface area contributed by atoms with Crippen LogP contribution in [0.4, 0.5) is 4.79 Å². The fourth-order valence-electron chi connectivity index (χ4n) is 1.27. The van der Waals surface area contributed by atoms with Gasteiger partial charge in [0.15, 0.2) is 6.10 Å². The third-order valence-electron chi connectivity index (χ3n) is 1.98. The van der Waals surface area contributed by atoms with Crippen LogP contribution in [0.15, 0.2) is 24.3 Å². The van der Waals surface area contributed by atoms with Gasteiger partial charge in [0.2, 0.25) is 0 Å². The molecule has 0 radical (unpaired) electrons. The van der Waals surface area contributed by atoms with Crippen molar-refractivity contribution >= 4 is 17.7 Å². The summed E-state index contributed by atoms with van der Waals surface area (Å²) in [5.41, 5.74) is 0. The lowest BCUT2D eigenvalue weighted by molar-refractivity contribution is 0.105. The highest BCUT2D eigenvalue weighted by Crippen LogP contribution is 2.17. The number of amides is 1. The first-order valence-electron chi connectivity index (χ1n) is 4.57. The minimum atomic E-state index is -0.394. The zero-order valence-corrected chi connectivity index (χ0v) is 8.66. The molecule has 1 heterocycles. The third-order valence-corrected chi connectivity index (χ3v) is 2.21. The molecule has 0 aliphatic carbocycles. The zero-order valence-electron chi connectivity index (χ0n) is 7.90. The number of nitrogens with one attached hydrogen (secondary N) is 1. The number of halogens is 1. The maximum absolute atomic E-state index is 10.7. The number of carbonyl (C=O) groups is 1. The average molecular weight is 228 g/mol. The van der Waals surface area contributed by atoms with Gasteiger partial charge in [0.1, 0.15) is 12.4 Å². The van der Waals surface area contributed by atoms with Crippen molar-refractivity contribution < 1.29 is 14.3 Å². The SMILES string of the molecule is O=C1NC[C@@H](COc2cccc(Cl)c2)O1. The van der Waals surface area contributed by atoms with E-state index in [9.17, 15) is 4.79 Å². The van der Waals surface area contributed by atoms with Crippen LogP contribution < -0.4 is 10.1 Å². The molecule has 0 aromatic heterocycles. The Kier molecular flexibility index (Phi) is 2.97. The van der Waals surface area contributed by atoms with Crippen LogP contribution in [0, 0.1) is 0 Å². The first-order valence-corrected chi connectivity index (χ1v) is 4.95. The van der Waals surface area contributed by atoms with Crippen molar-refractivity contribution in [1.29, 1.82) is 0 Å². The number of carbonyl (C=O) groups excluding carboxylic acids is 1. The smallest absolute Gasteiger partial charge is 0.407 e. The number of cyclic esters (lactones) is 1. The van der Waals surface area contributed by atoms with Crippen molar-refractivity contribution in [2.75, 3.05) is 13.2 Å². The molecule has 0 saturated carbocycles. The molecule has 1 aliphatic heterocycles. The van der Waals surface area contributed by atoms with Gasteiger partial charge in [-0.05, 0) is 18.2 Å². The Morgan fingerprint density at radius 2 is 2.47 bits per heavy atom. The Morgan fingerprint density at radius 1 is 1.60 bits per heavy atom. The van der Waals surface area contributed by atoms with Gasteiger partial charge in [0.05, 0.1) is 6.54 Å². The van der Waals surface area contributed by atoms with E-state index in [2.05, 4.69) is 5.32 Å². The lowest BCUT2D eigenvalue weighted by atomic mass is 10.3. The highest BCUT2D eigenvalue weighted by atomic mass is 35.5. The summed E-state index contributed by atoms with van der Waals surface area (Å²) in [4.78, 5) is 10.7. The summed E-state index contributed by atoms with van der Waals surface area (Å²) in [5.74, 6) is 0.672. The molecule has 2 rings (SSSR count). The molecule has 80 valence electrons. The molecule has 1 aromatic rings. The van der Waals surface area contributed by atoms with E-state index in [1.54, 1.807) is 24.3 Å². The van der Waals surface area contributed by atoms with Gasteiger partial charge in [-0.25, -0.2) is 4.79 Å². The van der Waals surface area contributed by atoms with Crippen LogP contribution in [0.5, 0.6) is 5.75 Å². The van der Waals surface area contributed by atoms with Crippen molar-refractivity contribution in [2.45, 2.75) is 6.10 Å². The monoisotopic (exact) mass is 227 g/mol. The average Bonchev–Trinajstić information content (AvgIpc) is 2.62. The second kappa shape index (κ2) is 4.40. The van der Waals surface area contributed by atoms with E-state index >= 15 is 0 Å². The topological polar surface area (TPSA) is 47.6 Å². The summed E-state index contributed by atoms with van der Waals surface area (Å²) in [5, 5.41) is 3.17. The number of hydrogen-bond acceptors (Lipinski definition) is 3. The van der Waals surface area contributed by atoms with Crippen molar-refractivity contribution in [3.8, 4) is 5.75 Å². The van der Waals surface area contributed by atoms with E-state index in [0.717, 1.165) is 0 Å². The van der Waals surface area contributed by atoms with Crippen molar-refractivity contribution in [1.82, 2.24) is 5.32 Å².